The van der Waals surface area contributed by atoms with Crippen LogP contribution in [0.3, 0.4) is 0 Å². The molecule has 0 spiro atoms. The molecular weight excluding hydrogens is 381 g/mol. The fourth-order valence-corrected chi connectivity index (χ4v) is 3.62. The minimum absolute atomic E-state index is 0.0844. The lowest BCUT2D eigenvalue weighted by Crippen LogP contribution is -2.13. The number of anilines is 3. The van der Waals surface area contributed by atoms with Crippen LogP contribution in [0.5, 0.6) is 0 Å². The van der Waals surface area contributed by atoms with Crippen molar-refractivity contribution in [1.29, 1.82) is 0 Å². The number of nitrogens with zero attached hydrogens (tertiary/aromatic N) is 1. The van der Waals surface area contributed by atoms with Gasteiger partial charge in [0.05, 0.1) is 16.8 Å². The minimum Gasteiger partial charge on any atom is -0.340 e. The van der Waals surface area contributed by atoms with Gasteiger partial charge in [0, 0.05) is 15.7 Å². The summed E-state index contributed by atoms with van der Waals surface area (Å²) in [6, 6.07) is 16.5. The first-order chi connectivity index (χ1) is 11.9. The number of nitrogens with one attached hydrogen (secondary N) is 2. The Kier molecular flexibility index (Phi) is 5.13. The molecule has 0 aliphatic carbocycles. The van der Waals surface area contributed by atoms with Gasteiger partial charge in [0.15, 0.2) is 0 Å². The summed E-state index contributed by atoms with van der Waals surface area (Å²) in [5.74, 6) is 0.563. The van der Waals surface area contributed by atoms with Crippen molar-refractivity contribution in [2.75, 3.05) is 10.0 Å². The summed E-state index contributed by atoms with van der Waals surface area (Å²) < 4.78 is 27.1. The largest absolute Gasteiger partial charge is 0.340 e. The maximum atomic E-state index is 12.3. The van der Waals surface area contributed by atoms with Gasteiger partial charge in [-0.05, 0) is 48.5 Å². The van der Waals surface area contributed by atoms with Crippen LogP contribution in [0.2, 0.25) is 10.0 Å². The Bertz CT molecular complexity index is 993. The molecule has 0 saturated heterocycles. The number of hydrogen-bond donors (Lipinski definition) is 2. The lowest BCUT2D eigenvalue weighted by atomic mass is 10.3. The molecule has 0 fully saturated rings. The topological polar surface area (TPSA) is 71.1 Å². The van der Waals surface area contributed by atoms with Gasteiger partial charge in [0.1, 0.15) is 5.82 Å². The van der Waals surface area contributed by atoms with E-state index in [4.69, 9.17) is 23.2 Å². The van der Waals surface area contributed by atoms with Gasteiger partial charge in [-0.2, -0.15) is 0 Å². The van der Waals surface area contributed by atoms with E-state index >= 15 is 0 Å². The molecule has 2 N–H and O–H groups in total. The molecule has 3 aromatic rings. The van der Waals surface area contributed by atoms with Gasteiger partial charge in [-0.25, -0.2) is 13.4 Å². The highest BCUT2D eigenvalue weighted by Crippen LogP contribution is 2.22. The average molecular weight is 394 g/mol. The van der Waals surface area contributed by atoms with Crippen LogP contribution in [0.1, 0.15) is 0 Å². The van der Waals surface area contributed by atoms with Crippen LogP contribution in [0.15, 0.2) is 71.8 Å². The smallest absolute Gasteiger partial charge is 0.261 e. The molecule has 0 atom stereocenters. The zero-order valence-corrected chi connectivity index (χ0v) is 15.1. The fourth-order valence-electron chi connectivity index (χ4n) is 2.09. The monoisotopic (exact) mass is 393 g/mol. The highest BCUT2D eigenvalue weighted by Gasteiger charge is 2.14. The number of aromatic nitrogens is 1. The lowest BCUT2D eigenvalue weighted by molar-refractivity contribution is 0.601. The predicted octanol–water partition coefficient (Wildman–Crippen LogP) is 4.93. The third-order valence-corrected chi connectivity index (χ3v) is 5.07. The van der Waals surface area contributed by atoms with E-state index in [0.717, 1.165) is 5.69 Å². The molecule has 25 heavy (non-hydrogen) atoms. The Morgan fingerprint density at radius 1 is 0.840 bits per heavy atom. The first-order valence-corrected chi connectivity index (χ1v) is 9.43. The highest BCUT2D eigenvalue weighted by molar-refractivity contribution is 7.92. The van der Waals surface area contributed by atoms with Crippen molar-refractivity contribution in [2.24, 2.45) is 0 Å². The summed E-state index contributed by atoms with van der Waals surface area (Å²) in [5, 5.41) is 4.04. The third-order valence-electron chi connectivity index (χ3n) is 3.22. The van der Waals surface area contributed by atoms with E-state index in [9.17, 15) is 8.42 Å². The van der Waals surface area contributed by atoms with E-state index in [1.807, 2.05) is 12.1 Å². The Morgan fingerprint density at radius 3 is 2.20 bits per heavy atom. The van der Waals surface area contributed by atoms with Crippen LogP contribution in [0.25, 0.3) is 0 Å². The van der Waals surface area contributed by atoms with Crippen molar-refractivity contribution >= 4 is 50.4 Å². The lowest BCUT2D eigenvalue weighted by Gasteiger charge is -2.10. The molecule has 3 rings (SSSR count). The quantitative estimate of drug-likeness (QED) is 0.644. The molecule has 1 aromatic heterocycles. The number of sulfonamides is 1. The van der Waals surface area contributed by atoms with Crippen molar-refractivity contribution in [3.63, 3.8) is 0 Å². The summed E-state index contributed by atoms with van der Waals surface area (Å²) in [6.45, 7) is 0. The Balaban J connectivity index is 1.74. The molecule has 128 valence electrons. The molecule has 5 nitrogen and oxygen atoms in total. The van der Waals surface area contributed by atoms with E-state index in [0.29, 0.717) is 21.6 Å². The molecule has 0 radical (unpaired) electrons. The molecule has 0 aliphatic rings. The third kappa shape index (κ3) is 4.63. The second kappa shape index (κ2) is 7.31. The summed E-state index contributed by atoms with van der Waals surface area (Å²) in [7, 11) is -3.73. The Labute approximate surface area is 155 Å². The molecule has 2 aromatic carbocycles. The molecule has 0 saturated carbocycles. The molecule has 0 amide bonds. The number of rotatable bonds is 5. The Morgan fingerprint density at radius 2 is 1.56 bits per heavy atom. The first kappa shape index (κ1) is 17.5. The van der Waals surface area contributed by atoms with Crippen molar-refractivity contribution < 1.29 is 8.42 Å². The molecular formula is C17H13Cl2N3O2S. The summed E-state index contributed by atoms with van der Waals surface area (Å²) in [4.78, 5) is 4.28. The standard InChI is InChI=1S/C17H13Cl2N3O2S/c18-12-3-1-5-14(9-12)21-17-8-7-15(11-20-17)22-25(23,24)16-6-2-4-13(19)10-16/h1-11,22H,(H,20,21). The van der Waals surface area contributed by atoms with Gasteiger partial charge >= 0.3 is 0 Å². The van der Waals surface area contributed by atoms with Gasteiger partial charge in [-0.1, -0.05) is 35.3 Å². The maximum Gasteiger partial charge on any atom is 0.261 e. The normalized spacial score (nSPS) is 11.1. The van der Waals surface area contributed by atoms with Crippen molar-refractivity contribution in [3.05, 3.63) is 76.9 Å². The van der Waals surface area contributed by atoms with Gasteiger partial charge in [-0.15, -0.1) is 0 Å². The maximum absolute atomic E-state index is 12.3. The van der Waals surface area contributed by atoms with Crippen LogP contribution in [-0.4, -0.2) is 13.4 Å². The van der Waals surface area contributed by atoms with Crippen molar-refractivity contribution in [1.82, 2.24) is 4.98 Å². The minimum atomic E-state index is -3.73. The predicted molar refractivity (Wildman–Crippen MR) is 101 cm³/mol. The van der Waals surface area contributed by atoms with Crippen LogP contribution in [0.4, 0.5) is 17.2 Å². The highest BCUT2D eigenvalue weighted by atomic mass is 35.5. The van der Waals surface area contributed by atoms with E-state index < -0.39 is 10.0 Å². The van der Waals surface area contributed by atoms with E-state index in [-0.39, 0.29) is 4.90 Å². The van der Waals surface area contributed by atoms with Gasteiger partial charge in [-0.3, -0.25) is 4.72 Å². The van der Waals surface area contributed by atoms with Gasteiger partial charge in [0.2, 0.25) is 0 Å². The van der Waals surface area contributed by atoms with Crippen molar-refractivity contribution in [3.8, 4) is 0 Å². The Hall–Kier alpha value is -2.28. The van der Waals surface area contributed by atoms with Crippen molar-refractivity contribution in [2.45, 2.75) is 4.90 Å². The number of hydrogen-bond acceptors (Lipinski definition) is 4. The second-order valence-corrected chi connectivity index (χ2v) is 7.69. The molecule has 1 heterocycles. The number of pyridine rings is 1. The molecule has 8 heteroatoms. The second-order valence-electron chi connectivity index (χ2n) is 5.13. The molecule has 0 bridgehead atoms. The molecule has 0 unspecified atom stereocenters. The number of benzene rings is 2. The number of halogens is 2. The zero-order chi connectivity index (χ0) is 17.9. The molecule has 0 aliphatic heterocycles. The summed E-state index contributed by atoms with van der Waals surface area (Å²) in [5.41, 5.74) is 1.13. The van der Waals surface area contributed by atoms with Gasteiger partial charge in [0.25, 0.3) is 10.0 Å². The van der Waals surface area contributed by atoms with Crippen LogP contribution < -0.4 is 10.0 Å². The SMILES string of the molecule is O=S(=O)(Nc1ccc(Nc2cccc(Cl)c2)nc1)c1cccc(Cl)c1. The van der Waals surface area contributed by atoms with E-state index in [2.05, 4.69) is 15.0 Å². The first-order valence-electron chi connectivity index (χ1n) is 7.19. The van der Waals surface area contributed by atoms with Gasteiger partial charge < -0.3 is 5.32 Å². The van der Waals surface area contributed by atoms with E-state index in [1.54, 1.807) is 36.4 Å². The van der Waals surface area contributed by atoms with Crippen LogP contribution in [-0.2, 0) is 10.0 Å². The zero-order valence-electron chi connectivity index (χ0n) is 12.8. The summed E-state index contributed by atoms with van der Waals surface area (Å²) in [6.07, 6.45) is 1.43. The summed E-state index contributed by atoms with van der Waals surface area (Å²) >= 11 is 11.8. The van der Waals surface area contributed by atoms with E-state index in [1.165, 1.54) is 18.3 Å². The fraction of sp³-hybridized carbons (Fsp3) is 0. The average Bonchev–Trinajstić information content (AvgIpc) is 2.56. The van der Waals surface area contributed by atoms with Crippen LogP contribution in [0, 0.1) is 0 Å². The van der Waals surface area contributed by atoms with Crippen LogP contribution >= 0.6 is 23.2 Å².